The highest BCUT2D eigenvalue weighted by molar-refractivity contribution is 5.83. The number of ether oxygens (including phenoxy) is 1. The second-order valence-electron chi connectivity index (χ2n) is 8.12. The molecule has 1 aliphatic carbocycles. The fourth-order valence-corrected chi connectivity index (χ4v) is 4.48. The third kappa shape index (κ3) is 4.15. The number of fused-ring (bicyclic) bond motifs is 4. The largest absolute Gasteiger partial charge is 0.480 e. The summed E-state index contributed by atoms with van der Waals surface area (Å²) in [6.07, 6.45) is 2.85. The zero-order chi connectivity index (χ0) is 22.8. The van der Waals surface area contributed by atoms with Gasteiger partial charge in [-0.1, -0.05) is 66.7 Å². The molecular weight excluding hydrogens is 416 g/mol. The number of rotatable bonds is 6. The number of hydrogen-bond donors (Lipinski definition) is 2. The lowest BCUT2D eigenvalue weighted by molar-refractivity contribution is -0.139. The van der Waals surface area contributed by atoms with Gasteiger partial charge in [-0.3, -0.25) is 4.98 Å². The molecule has 0 radical (unpaired) electrons. The monoisotopic (exact) mass is 438 g/mol. The van der Waals surface area contributed by atoms with Crippen molar-refractivity contribution in [3.8, 4) is 11.1 Å². The molecule has 0 spiro atoms. The first-order valence-corrected chi connectivity index (χ1v) is 10.8. The van der Waals surface area contributed by atoms with Crippen LogP contribution in [0.25, 0.3) is 21.9 Å². The normalized spacial score (nSPS) is 13.2. The average Bonchev–Trinajstić information content (AvgIpc) is 3.16. The van der Waals surface area contributed by atoms with Crippen molar-refractivity contribution in [3.63, 3.8) is 0 Å². The summed E-state index contributed by atoms with van der Waals surface area (Å²) in [5, 5.41) is 14.1. The molecule has 1 atom stereocenters. The number of carbonyl (C=O) groups is 2. The average molecular weight is 438 g/mol. The smallest absolute Gasteiger partial charge is 0.407 e. The third-order valence-electron chi connectivity index (χ3n) is 6.08. The van der Waals surface area contributed by atoms with E-state index < -0.39 is 18.1 Å². The number of hydrogen-bond acceptors (Lipinski definition) is 4. The Kier molecular flexibility index (Phi) is 5.48. The van der Waals surface area contributed by atoms with Crippen LogP contribution in [0.1, 0.15) is 22.6 Å². The van der Waals surface area contributed by atoms with Gasteiger partial charge in [-0.15, -0.1) is 0 Å². The summed E-state index contributed by atoms with van der Waals surface area (Å²) >= 11 is 0. The molecule has 1 amide bonds. The molecule has 1 aromatic heterocycles. The van der Waals surface area contributed by atoms with Crippen molar-refractivity contribution in [3.05, 3.63) is 102 Å². The van der Waals surface area contributed by atoms with Gasteiger partial charge in [0.25, 0.3) is 0 Å². The van der Waals surface area contributed by atoms with Gasteiger partial charge >= 0.3 is 12.1 Å². The van der Waals surface area contributed by atoms with Gasteiger partial charge in [-0.25, -0.2) is 9.59 Å². The Morgan fingerprint density at radius 2 is 1.64 bits per heavy atom. The number of amides is 1. The zero-order valence-corrected chi connectivity index (χ0v) is 17.8. The van der Waals surface area contributed by atoms with Gasteiger partial charge in [0.05, 0.1) is 0 Å². The molecule has 0 aliphatic heterocycles. The maximum atomic E-state index is 12.5. The number of pyridine rings is 1. The first-order valence-electron chi connectivity index (χ1n) is 10.8. The van der Waals surface area contributed by atoms with E-state index in [0.717, 1.165) is 38.6 Å². The van der Waals surface area contributed by atoms with Crippen LogP contribution in [0.15, 0.2) is 85.2 Å². The van der Waals surface area contributed by atoms with Crippen molar-refractivity contribution in [2.75, 3.05) is 6.61 Å². The van der Waals surface area contributed by atoms with Gasteiger partial charge in [0, 0.05) is 30.1 Å². The van der Waals surface area contributed by atoms with E-state index in [1.807, 2.05) is 60.7 Å². The molecule has 3 aromatic carbocycles. The van der Waals surface area contributed by atoms with E-state index in [0.29, 0.717) is 0 Å². The van der Waals surface area contributed by atoms with Crippen LogP contribution in [0.2, 0.25) is 0 Å². The molecule has 1 aliphatic rings. The van der Waals surface area contributed by atoms with E-state index in [1.165, 1.54) is 0 Å². The first-order chi connectivity index (χ1) is 16.1. The Balaban J connectivity index is 1.27. The summed E-state index contributed by atoms with van der Waals surface area (Å²) in [5.41, 5.74) is 5.29. The SMILES string of the molecule is O=C(N[C@@H](Cc1ccc2cnccc2c1)C(=O)O)OCC1c2ccccc2-c2ccccc21. The fraction of sp³-hybridized carbons (Fsp3) is 0.148. The Morgan fingerprint density at radius 1 is 0.939 bits per heavy atom. The molecule has 6 nitrogen and oxygen atoms in total. The van der Waals surface area contributed by atoms with Gasteiger partial charge in [0.2, 0.25) is 0 Å². The highest BCUT2D eigenvalue weighted by Gasteiger charge is 2.29. The fourth-order valence-electron chi connectivity index (χ4n) is 4.48. The van der Waals surface area contributed by atoms with Crippen molar-refractivity contribution in [1.29, 1.82) is 0 Å². The summed E-state index contributed by atoms with van der Waals surface area (Å²) < 4.78 is 5.51. The summed E-state index contributed by atoms with van der Waals surface area (Å²) in [5.74, 6) is -1.20. The van der Waals surface area contributed by atoms with Crippen molar-refractivity contribution in [1.82, 2.24) is 10.3 Å². The van der Waals surface area contributed by atoms with Crippen LogP contribution in [0.4, 0.5) is 4.79 Å². The minimum absolute atomic E-state index is 0.0828. The summed E-state index contributed by atoms with van der Waals surface area (Å²) in [4.78, 5) is 28.4. The van der Waals surface area contributed by atoms with Crippen LogP contribution in [-0.4, -0.2) is 34.8 Å². The molecule has 0 unspecified atom stereocenters. The van der Waals surface area contributed by atoms with Crippen molar-refractivity contribution in [2.45, 2.75) is 18.4 Å². The Bertz CT molecular complexity index is 1310. The van der Waals surface area contributed by atoms with Gasteiger partial charge in [0.1, 0.15) is 12.6 Å². The molecule has 164 valence electrons. The highest BCUT2D eigenvalue weighted by atomic mass is 16.5. The van der Waals surface area contributed by atoms with E-state index in [4.69, 9.17) is 4.74 Å². The minimum Gasteiger partial charge on any atom is -0.480 e. The maximum Gasteiger partial charge on any atom is 0.407 e. The van der Waals surface area contributed by atoms with E-state index >= 15 is 0 Å². The molecule has 5 rings (SSSR count). The van der Waals surface area contributed by atoms with Gasteiger partial charge in [-0.05, 0) is 39.3 Å². The van der Waals surface area contributed by atoms with Crippen LogP contribution < -0.4 is 5.32 Å². The van der Waals surface area contributed by atoms with E-state index in [9.17, 15) is 14.7 Å². The van der Waals surface area contributed by atoms with Crippen molar-refractivity contribution >= 4 is 22.8 Å². The minimum atomic E-state index is -1.11. The third-order valence-corrected chi connectivity index (χ3v) is 6.08. The van der Waals surface area contributed by atoms with Gasteiger partial charge in [0.15, 0.2) is 0 Å². The van der Waals surface area contributed by atoms with Crippen LogP contribution >= 0.6 is 0 Å². The molecule has 1 heterocycles. The molecule has 6 heteroatoms. The molecule has 0 saturated carbocycles. The van der Waals surface area contributed by atoms with Crippen LogP contribution in [0.3, 0.4) is 0 Å². The molecular formula is C27H22N2O4. The number of carboxylic acid groups (broad SMARTS) is 1. The molecule has 4 aromatic rings. The number of aliphatic carboxylic acids is 1. The molecule has 0 bridgehead atoms. The summed E-state index contributed by atoms with van der Waals surface area (Å²) in [6, 6.07) is 22.5. The quantitative estimate of drug-likeness (QED) is 0.453. The number of benzene rings is 3. The van der Waals surface area contributed by atoms with Crippen LogP contribution in [-0.2, 0) is 16.0 Å². The number of nitrogens with one attached hydrogen (secondary N) is 1. The highest BCUT2D eigenvalue weighted by Crippen LogP contribution is 2.44. The van der Waals surface area contributed by atoms with E-state index in [2.05, 4.69) is 22.4 Å². The lowest BCUT2D eigenvalue weighted by atomic mass is 9.98. The predicted molar refractivity (Wildman–Crippen MR) is 125 cm³/mol. The second-order valence-corrected chi connectivity index (χ2v) is 8.12. The first kappa shape index (κ1) is 20.7. The summed E-state index contributed by atoms with van der Waals surface area (Å²) in [7, 11) is 0. The number of aromatic nitrogens is 1. The van der Waals surface area contributed by atoms with Crippen LogP contribution in [0.5, 0.6) is 0 Å². The van der Waals surface area contributed by atoms with Gasteiger partial charge < -0.3 is 15.2 Å². The lowest BCUT2D eigenvalue weighted by Crippen LogP contribution is -2.42. The van der Waals surface area contributed by atoms with Gasteiger partial charge in [-0.2, -0.15) is 0 Å². The van der Waals surface area contributed by atoms with Crippen molar-refractivity contribution < 1.29 is 19.4 Å². The predicted octanol–water partition coefficient (Wildman–Crippen LogP) is 4.77. The number of nitrogens with zero attached hydrogens (tertiary/aromatic N) is 1. The standard InChI is InChI=1S/C27H22N2O4/c30-26(31)25(14-17-9-10-19-15-28-12-11-18(19)13-17)29-27(32)33-16-24-22-7-3-1-5-20(22)21-6-2-4-8-23(21)24/h1-13,15,24-25H,14,16H2,(H,29,32)(H,30,31)/t25-/m0/s1. The number of carbonyl (C=O) groups excluding carboxylic acids is 1. The maximum absolute atomic E-state index is 12.5. The lowest BCUT2D eigenvalue weighted by Gasteiger charge is -2.17. The Labute approximate surface area is 190 Å². The zero-order valence-electron chi connectivity index (χ0n) is 17.8. The molecule has 33 heavy (non-hydrogen) atoms. The molecule has 0 saturated heterocycles. The van der Waals surface area contributed by atoms with E-state index in [-0.39, 0.29) is 18.9 Å². The molecule has 0 fully saturated rings. The number of carboxylic acids is 1. The second kappa shape index (κ2) is 8.74. The van der Waals surface area contributed by atoms with Crippen molar-refractivity contribution in [2.24, 2.45) is 0 Å². The number of alkyl carbamates (subject to hydrolysis) is 1. The molecule has 2 N–H and O–H groups in total. The summed E-state index contributed by atoms with van der Waals surface area (Å²) in [6.45, 7) is 0.134. The topological polar surface area (TPSA) is 88.5 Å². The van der Waals surface area contributed by atoms with E-state index in [1.54, 1.807) is 12.4 Å². The van der Waals surface area contributed by atoms with Crippen LogP contribution in [0, 0.1) is 0 Å². The Hall–Kier alpha value is -4.19. The Morgan fingerprint density at radius 3 is 2.33 bits per heavy atom.